The highest BCUT2D eigenvalue weighted by Gasteiger charge is 2.08. The maximum atomic E-state index is 10.7. The van der Waals surface area contributed by atoms with Gasteiger partial charge in [0.2, 0.25) is 5.91 Å². The number of nitrogens with two attached hydrogens (primary N) is 1. The van der Waals surface area contributed by atoms with Crippen LogP contribution in [0, 0.1) is 0 Å². The van der Waals surface area contributed by atoms with Crippen LogP contribution in [0.5, 0.6) is 0 Å². The number of carbonyl (C=O) groups is 1. The lowest BCUT2D eigenvalue weighted by atomic mass is 10.2. The Kier molecular flexibility index (Phi) is 11.2. The molecule has 1 atom stereocenters. The van der Waals surface area contributed by atoms with Crippen LogP contribution in [0.25, 0.3) is 0 Å². The molecular weight excluding hydrogens is 140 g/mol. The molecule has 0 aromatic carbocycles. The third-order valence-electron chi connectivity index (χ3n) is 1.18. The van der Waals surface area contributed by atoms with Gasteiger partial charge in [0, 0.05) is 7.05 Å². The van der Waals surface area contributed by atoms with Gasteiger partial charge in [-0.2, -0.15) is 0 Å². The van der Waals surface area contributed by atoms with Gasteiger partial charge in [-0.05, 0) is 6.42 Å². The van der Waals surface area contributed by atoms with E-state index in [-0.39, 0.29) is 11.9 Å². The van der Waals surface area contributed by atoms with Crippen LogP contribution < -0.4 is 11.1 Å². The molecule has 0 aliphatic carbocycles. The molecular formula is C8H20N2O. The van der Waals surface area contributed by atoms with Crippen molar-refractivity contribution in [2.75, 3.05) is 7.05 Å². The molecule has 0 fully saturated rings. The lowest BCUT2D eigenvalue weighted by molar-refractivity contribution is -0.122. The van der Waals surface area contributed by atoms with E-state index in [0.717, 1.165) is 12.8 Å². The molecule has 0 aliphatic heterocycles. The van der Waals surface area contributed by atoms with Crippen molar-refractivity contribution in [3.63, 3.8) is 0 Å². The highest BCUT2D eigenvalue weighted by molar-refractivity contribution is 5.80. The fourth-order valence-electron chi connectivity index (χ4n) is 0.627. The highest BCUT2D eigenvalue weighted by atomic mass is 16.2. The zero-order valence-corrected chi connectivity index (χ0v) is 7.98. The molecule has 11 heavy (non-hydrogen) atoms. The van der Waals surface area contributed by atoms with E-state index in [4.69, 9.17) is 5.73 Å². The van der Waals surface area contributed by atoms with Gasteiger partial charge in [0.15, 0.2) is 0 Å². The standard InChI is InChI=1S/C6H14N2O.C2H6/c1-3-4-5(7)6(9)8-2;1-2/h5H,3-4,7H2,1-2H3,(H,8,9);1-2H3. The molecule has 0 saturated carbocycles. The first-order chi connectivity index (χ1) is 5.22. The van der Waals surface area contributed by atoms with Crippen molar-refractivity contribution in [2.24, 2.45) is 5.73 Å². The van der Waals surface area contributed by atoms with Crippen molar-refractivity contribution in [3.05, 3.63) is 0 Å². The highest BCUT2D eigenvalue weighted by Crippen LogP contribution is 1.91. The minimum absolute atomic E-state index is 0.0724. The molecule has 0 heterocycles. The monoisotopic (exact) mass is 160 g/mol. The first kappa shape index (κ1) is 13.1. The Morgan fingerprint density at radius 2 is 2.00 bits per heavy atom. The Labute approximate surface area is 69.4 Å². The van der Waals surface area contributed by atoms with Gasteiger partial charge in [-0.1, -0.05) is 27.2 Å². The second-order valence-corrected chi connectivity index (χ2v) is 2.01. The number of hydrogen-bond acceptors (Lipinski definition) is 2. The second kappa shape index (κ2) is 9.43. The van der Waals surface area contributed by atoms with Crippen molar-refractivity contribution in [2.45, 2.75) is 39.7 Å². The van der Waals surface area contributed by atoms with Crippen LogP contribution in [0.2, 0.25) is 0 Å². The Morgan fingerprint density at radius 1 is 1.55 bits per heavy atom. The van der Waals surface area contributed by atoms with Gasteiger partial charge in [-0.15, -0.1) is 0 Å². The van der Waals surface area contributed by atoms with Crippen LogP contribution >= 0.6 is 0 Å². The maximum absolute atomic E-state index is 10.7. The summed E-state index contributed by atoms with van der Waals surface area (Å²) < 4.78 is 0. The molecule has 3 N–H and O–H groups in total. The first-order valence-electron chi connectivity index (χ1n) is 4.19. The van der Waals surface area contributed by atoms with E-state index >= 15 is 0 Å². The topological polar surface area (TPSA) is 55.1 Å². The largest absolute Gasteiger partial charge is 0.358 e. The average Bonchev–Trinajstić information content (AvgIpc) is 2.07. The van der Waals surface area contributed by atoms with Crippen molar-refractivity contribution in [1.29, 1.82) is 0 Å². The van der Waals surface area contributed by atoms with Gasteiger partial charge < -0.3 is 11.1 Å². The van der Waals surface area contributed by atoms with Gasteiger partial charge in [-0.25, -0.2) is 0 Å². The van der Waals surface area contributed by atoms with Crippen LogP contribution in [0.4, 0.5) is 0 Å². The molecule has 0 aliphatic rings. The van der Waals surface area contributed by atoms with Gasteiger partial charge in [0.1, 0.15) is 0 Å². The first-order valence-corrected chi connectivity index (χ1v) is 4.19. The van der Waals surface area contributed by atoms with Gasteiger partial charge in [0.05, 0.1) is 6.04 Å². The zero-order valence-electron chi connectivity index (χ0n) is 7.98. The summed E-state index contributed by atoms with van der Waals surface area (Å²) in [5.41, 5.74) is 5.43. The van der Waals surface area contributed by atoms with E-state index in [1.165, 1.54) is 0 Å². The van der Waals surface area contributed by atoms with Crippen LogP contribution in [0.1, 0.15) is 33.6 Å². The molecule has 0 bridgehead atoms. The summed E-state index contributed by atoms with van der Waals surface area (Å²) in [6.07, 6.45) is 1.72. The molecule has 68 valence electrons. The second-order valence-electron chi connectivity index (χ2n) is 2.01. The predicted molar refractivity (Wildman–Crippen MR) is 48.3 cm³/mol. The predicted octanol–water partition coefficient (Wildman–Crippen LogP) is 0.886. The molecule has 0 aromatic heterocycles. The quantitative estimate of drug-likeness (QED) is 0.644. The van der Waals surface area contributed by atoms with Crippen molar-refractivity contribution in [1.82, 2.24) is 5.32 Å². The Bertz CT molecular complexity index is 94.1. The third kappa shape index (κ3) is 7.33. The van der Waals surface area contributed by atoms with Crippen LogP contribution in [0.3, 0.4) is 0 Å². The number of rotatable bonds is 3. The number of amides is 1. The van der Waals surface area contributed by atoms with E-state index in [0.29, 0.717) is 0 Å². The van der Waals surface area contributed by atoms with Crippen LogP contribution in [0.15, 0.2) is 0 Å². The Balaban J connectivity index is 0. The van der Waals surface area contributed by atoms with Gasteiger partial charge >= 0.3 is 0 Å². The molecule has 0 saturated heterocycles. The average molecular weight is 160 g/mol. The Hall–Kier alpha value is -0.570. The fourth-order valence-corrected chi connectivity index (χ4v) is 0.627. The number of nitrogens with one attached hydrogen (secondary N) is 1. The molecule has 1 amide bonds. The van der Waals surface area contributed by atoms with Crippen molar-refractivity contribution in [3.8, 4) is 0 Å². The summed E-state index contributed by atoms with van der Waals surface area (Å²) in [6, 6.07) is -0.319. The molecule has 0 spiro atoms. The molecule has 0 radical (unpaired) electrons. The molecule has 0 aromatic rings. The summed E-state index contributed by atoms with van der Waals surface area (Å²) in [4.78, 5) is 10.7. The normalized spacial score (nSPS) is 11.0. The molecule has 1 unspecified atom stereocenters. The summed E-state index contributed by atoms with van der Waals surface area (Å²) in [7, 11) is 1.60. The minimum Gasteiger partial charge on any atom is -0.358 e. The van der Waals surface area contributed by atoms with Crippen LogP contribution in [-0.2, 0) is 4.79 Å². The van der Waals surface area contributed by atoms with E-state index in [1.54, 1.807) is 7.05 Å². The lowest BCUT2D eigenvalue weighted by Crippen LogP contribution is -2.38. The molecule has 0 rings (SSSR count). The smallest absolute Gasteiger partial charge is 0.236 e. The van der Waals surface area contributed by atoms with Crippen molar-refractivity contribution >= 4 is 5.91 Å². The van der Waals surface area contributed by atoms with E-state index < -0.39 is 0 Å². The van der Waals surface area contributed by atoms with E-state index in [9.17, 15) is 4.79 Å². The number of likely N-dealkylation sites (N-methyl/N-ethyl adjacent to an activating group) is 1. The van der Waals surface area contributed by atoms with Gasteiger partial charge in [0.25, 0.3) is 0 Å². The van der Waals surface area contributed by atoms with E-state index in [1.807, 2.05) is 20.8 Å². The Morgan fingerprint density at radius 3 is 2.27 bits per heavy atom. The summed E-state index contributed by atoms with van der Waals surface area (Å²) in [5.74, 6) is -0.0724. The number of carbonyl (C=O) groups excluding carboxylic acids is 1. The maximum Gasteiger partial charge on any atom is 0.236 e. The van der Waals surface area contributed by atoms with E-state index in [2.05, 4.69) is 5.32 Å². The fraction of sp³-hybridized carbons (Fsp3) is 0.875. The minimum atomic E-state index is -0.319. The summed E-state index contributed by atoms with van der Waals surface area (Å²) in [6.45, 7) is 6.00. The number of hydrogen-bond donors (Lipinski definition) is 2. The molecule has 3 heteroatoms. The van der Waals surface area contributed by atoms with Crippen molar-refractivity contribution < 1.29 is 4.79 Å². The lowest BCUT2D eigenvalue weighted by Gasteiger charge is -2.06. The third-order valence-corrected chi connectivity index (χ3v) is 1.18. The summed E-state index contributed by atoms with van der Waals surface area (Å²) >= 11 is 0. The molecule has 3 nitrogen and oxygen atoms in total. The van der Waals surface area contributed by atoms with Gasteiger partial charge in [-0.3, -0.25) is 4.79 Å². The SMILES string of the molecule is CC.CCCC(N)C(=O)NC. The van der Waals surface area contributed by atoms with Crippen LogP contribution in [-0.4, -0.2) is 19.0 Å². The zero-order chi connectivity index (χ0) is 9.28. The summed E-state index contributed by atoms with van der Waals surface area (Å²) in [5, 5.41) is 2.49.